The molecule has 1 heterocycles. The van der Waals surface area contributed by atoms with Gasteiger partial charge >= 0.3 is 6.03 Å². The van der Waals surface area contributed by atoms with E-state index in [1.807, 2.05) is 0 Å². The van der Waals surface area contributed by atoms with Gasteiger partial charge in [-0.3, -0.25) is 9.69 Å². The summed E-state index contributed by atoms with van der Waals surface area (Å²) in [5, 5.41) is 2.88. The molecule has 0 spiro atoms. The van der Waals surface area contributed by atoms with E-state index in [2.05, 4.69) is 19.2 Å². The number of imide groups is 1. The molecule has 1 N–H and O–H groups in total. The molecule has 1 aliphatic heterocycles. The Balaban J connectivity index is 2.05. The van der Waals surface area contributed by atoms with Gasteiger partial charge in [-0.15, -0.1) is 0 Å². The van der Waals surface area contributed by atoms with E-state index in [9.17, 15) is 9.59 Å². The van der Waals surface area contributed by atoms with Crippen molar-refractivity contribution in [2.45, 2.75) is 58.4 Å². The Labute approximate surface area is 109 Å². The fraction of sp³-hybridized carbons (Fsp3) is 0.857. The maximum atomic E-state index is 12.4. The second kappa shape index (κ2) is 5.72. The lowest BCUT2D eigenvalue weighted by atomic mass is 9.90. The predicted molar refractivity (Wildman–Crippen MR) is 70.1 cm³/mol. The average Bonchev–Trinajstić information content (AvgIpc) is 2.34. The fourth-order valence-corrected chi connectivity index (χ4v) is 3.12. The molecule has 2 rings (SSSR count). The van der Waals surface area contributed by atoms with Crippen LogP contribution >= 0.6 is 0 Å². The molecule has 2 fully saturated rings. The molecule has 0 aromatic carbocycles. The highest BCUT2D eigenvalue weighted by Gasteiger charge is 2.38. The standard InChI is InChI=1S/C14H24N2O2/c1-10(2)8-11-9-15-14(18)16(13(11)17)12-6-4-3-5-7-12/h10-12H,3-9H2,1-2H3,(H,15,18). The summed E-state index contributed by atoms with van der Waals surface area (Å²) < 4.78 is 0. The third kappa shape index (κ3) is 2.85. The first-order chi connectivity index (χ1) is 8.59. The molecule has 2 aliphatic rings. The zero-order chi connectivity index (χ0) is 13.1. The summed E-state index contributed by atoms with van der Waals surface area (Å²) in [4.78, 5) is 25.9. The number of carbonyl (C=O) groups is 2. The lowest BCUT2D eigenvalue weighted by molar-refractivity contribution is -0.136. The minimum Gasteiger partial charge on any atom is -0.337 e. The minimum atomic E-state index is -0.174. The van der Waals surface area contributed by atoms with Crippen LogP contribution in [0.3, 0.4) is 0 Å². The highest BCUT2D eigenvalue weighted by atomic mass is 16.2. The van der Waals surface area contributed by atoms with Gasteiger partial charge in [0, 0.05) is 12.6 Å². The van der Waals surface area contributed by atoms with Crippen molar-refractivity contribution in [3.8, 4) is 0 Å². The normalized spacial score (nSPS) is 26.6. The van der Waals surface area contributed by atoms with Crippen molar-refractivity contribution < 1.29 is 9.59 Å². The first-order valence-corrected chi connectivity index (χ1v) is 7.20. The van der Waals surface area contributed by atoms with E-state index >= 15 is 0 Å². The third-order valence-electron chi connectivity index (χ3n) is 4.00. The Bertz CT molecular complexity index is 322. The summed E-state index contributed by atoms with van der Waals surface area (Å²) in [6.45, 7) is 4.75. The van der Waals surface area contributed by atoms with Crippen LogP contribution in [0.15, 0.2) is 0 Å². The Morgan fingerprint density at radius 1 is 1.22 bits per heavy atom. The van der Waals surface area contributed by atoms with Crippen LogP contribution in [0, 0.1) is 11.8 Å². The molecule has 1 saturated heterocycles. The van der Waals surface area contributed by atoms with Gasteiger partial charge in [0.25, 0.3) is 0 Å². The first-order valence-electron chi connectivity index (χ1n) is 7.20. The van der Waals surface area contributed by atoms with Crippen LogP contribution in [0.5, 0.6) is 0 Å². The van der Waals surface area contributed by atoms with E-state index in [1.54, 1.807) is 0 Å². The highest BCUT2D eigenvalue weighted by molar-refractivity contribution is 5.98. The van der Waals surface area contributed by atoms with Crippen LogP contribution in [-0.4, -0.2) is 29.4 Å². The molecule has 0 bridgehead atoms. The van der Waals surface area contributed by atoms with Crippen molar-refractivity contribution in [2.75, 3.05) is 6.54 Å². The Kier molecular flexibility index (Phi) is 4.25. The van der Waals surface area contributed by atoms with E-state index in [4.69, 9.17) is 0 Å². The van der Waals surface area contributed by atoms with Gasteiger partial charge in [-0.2, -0.15) is 0 Å². The second-order valence-corrected chi connectivity index (χ2v) is 6.01. The van der Waals surface area contributed by atoms with Gasteiger partial charge < -0.3 is 5.32 Å². The van der Waals surface area contributed by atoms with Crippen molar-refractivity contribution in [1.82, 2.24) is 10.2 Å². The molecule has 1 saturated carbocycles. The number of amides is 3. The lowest BCUT2D eigenvalue weighted by Crippen LogP contribution is -2.58. The van der Waals surface area contributed by atoms with Gasteiger partial charge in [0.15, 0.2) is 0 Å². The van der Waals surface area contributed by atoms with Crippen LogP contribution in [0.25, 0.3) is 0 Å². The molecule has 1 atom stereocenters. The summed E-state index contributed by atoms with van der Waals surface area (Å²) in [5.74, 6) is 0.520. The van der Waals surface area contributed by atoms with Gasteiger partial charge in [-0.25, -0.2) is 4.79 Å². The van der Waals surface area contributed by atoms with Crippen LogP contribution in [-0.2, 0) is 4.79 Å². The molecule has 1 unspecified atom stereocenters. The van der Waals surface area contributed by atoms with E-state index in [0.29, 0.717) is 12.5 Å². The third-order valence-corrected chi connectivity index (χ3v) is 4.00. The molecule has 4 nitrogen and oxygen atoms in total. The fourth-order valence-electron chi connectivity index (χ4n) is 3.12. The molecule has 3 amide bonds. The molecular weight excluding hydrogens is 228 g/mol. The Morgan fingerprint density at radius 2 is 1.89 bits per heavy atom. The summed E-state index contributed by atoms with van der Waals surface area (Å²) in [6, 6.07) is -0.0341. The van der Waals surface area contributed by atoms with E-state index in [-0.39, 0.29) is 23.9 Å². The number of hydrogen-bond donors (Lipinski definition) is 1. The van der Waals surface area contributed by atoms with Crippen LogP contribution in [0.4, 0.5) is 4.79 Å². The van der Waals surface area contributed by atoms with Gasteiger partial charge in [0.05, 0.1) is 5.92 Å². The van der Waals surface area contributed by atoms with Crippen molar-refractivity contribution in [2.24, 2.45) is 11.8 Å². The molecule has 0 radical (unpaired) electrons. The van der Waals surface area contributed by atoms with Crippen molar-refractivity contribution in [1.29, 1.82) is 0 Å². The number of urea groups is 1. The first kappa shape index (κ1) is 13.4. The van der Waals surface area contributed by atoms with Gasteiger partial charge in [0.1, 0.15) is 0 Å². The second-order valence-electron chi connectivity index (χ2n) is 6.01. The van der Waals surface area contributed by atoms with Gasteiger partial charge in [-0.05, 0) is 25.2 Å². The van der Waals surface area contributed by atoms with E-state index < -0.39 is 0 Å². The Morgan fingerprint density at radius 3 is 2.50 bits per heavy atom. The van der Waals surface area contributed by atoms with E-state index in [1.165, 1.54) is 11.3 Å². The quantitative estimate of drug-likeness (QED) is 0.839. The zero-order valence-electron chi connectivity index (χ0n) is 11.4. The zero-order valence-corrected chi connectivity index (χ0v) is 11.4. The number of carbonyl (C=O) groups excluding carboxylic acids is 2. The minimum absolute atomic E-state index is 0.0235. The topological polar surface area (TPSA) is 49.4 Å². The molecule has 1 aliphatic carbocycles. The van der Waals surface area contributed by atoms with Crippen molar-refractivity contribution in [3.63, 3.8) is 0 Å². The Hall–Kier alpha value is -1.06. The molecule has 4 heteroatoms. The maximum absolute atomic E-state index is 12.4. The average molecular weight is 252 g/mol. The molecule has 0 aromatic rings. The number of rotatable bonds is 3. The number of hydrogen-bond acceptors (Lipinski definition) is 2. The SMILES string of the molecule is CC(C)CC1CNC(=O)N(C2CCCCC2)C1=O. The smallest absolute Gasteiger partial charge is 0.324 e. The summed E-state index contributed by atoms with van der Waals surface area (Å²) in [6.07, 6.45) is 6.33. The lowest BCUT2D eigenvalue weighted by Gasteiger charge is -2.38. The summed E-state index contributed by atoms with van der Waals surface area (Å²) >= 11 is 0. The summed E-state index contributed by atoms with van der Waals surface area (Å²) in [7, 11) is 0. The van der Waals surface area contributed by atoms with Crippen molar-refractivity contribution >= 4 is 11.9 Å². The van der Waals surface area contributed by atoms with E-state index in [0.717, 1.165) is 32.1 Å². The largest absolute Gasteiger partial charge is 0.337 e. The maximum Gasteiger partial charge on any atom is 0.324 e. The van der Waals surface area contributed by atoms with Crippen LogP contribution < -0.4 is 5.32 Å². The number of nitrogens with zero attached hydrogens (tertiary/aromatic N) is 1. The number of nitrogens with one attached hydrogen (secondary N) is 1. The molecule has 0 aromatic heterocycles. The highest BCUT2D eigenvalue weighted by Crippen LogP contribution is 2.27. The predicted octanol–water partition coefficient (Wildman–Crippen LogP) is 2.53. The van der Waals surface area contributed by atoms with Gasteiger partial charge in [0.2, 0.25) is 5.91 Å². The van der Waals surface area contributed by atoms with Crippen molar-refractivity contribution in [3.05, 3.63) is 0 Å². The van der Waals surface area contributed by atoms with Crippen LogP contribution in [0.2, 0.25) is 0 Å². The molecular formula is C14H24N2O2. The van der Waals surface area contributed by atoms with Gasteiger partial charge in [-0.1, -0.05) is 33.1 Å². The monoisotopic (exact) mass is 252 g/mol. The molecule has 102 valence electrons. The molecule has 18 heavy (non-hydrogen) atoms. The summed E-state index contributed by atoms with van der Waals surface area (Å²) in [5.41, 5.74) is 0. The van der Waals surface area contributed by atoms with Crippen LogP contribution in [0.1, 0.15) is 52.4 Å².